The fourth-order valence-electron chi connectivity index (χ4n) is 4.04. The van der Waals surface area contributed by atoms with Crippen LogP contribution in [0.4, 0.5) is 5.69 Å². The molecule has 0 radical (unpaired) electrons. The number of hydrogen-bond acceptors (Lipinski definition) is 3. The third-order valence-corrected chi connectivity index (χ3v) is 5.74. The highest BCUT2D eigenvalue weighted by Crippen LogP contribution is 2.36. The first-order valence-corrected chi connectivity index (χ1v) is 10.7. The second kappa shape index (κ2) is 8.23. The number of benzene rings is 2. The normalized spacial score (nSPS) is 13.8. The lowest BCUT2D eigenvalue weighted by molar-refractivity contribution is -0.122. The minimum absolute atomic E-state index is 0.0880. The van der Waals surface area contributed by atoms with Gasteiger partial charge in [0.25, 0.3) is 0 Å². The van der Waals surface area contributed by atoms with E-state index in [1.807, 2.05) is 56.3 Å². The second-order valence-corrected chi connectivity index (χ2v) is 8.12. The highest BCUT2D eigenvalue weighted by Gasteiger charge is 2.25. The van der Waals surface area contributed by atoms with Crippen LogP contribution in [-0.2, 0) is 11.3 Å². The van der Waals surface area contributed by atoms with Crippen LogP contribution in [0, 0.1) is 17.2 Å². The van der Waals surface area contributed by atoms with Gasteiger partial charge in [-0.2, -0.15) is 5.26 Å². The molecule has 0 aliphatic heterocycles. The second-order valence-electron chi connectivity index (χ2n) is 8.12. The fourth-order valence-corrected chi connectivity index (χ4v) is 4.04. The molecule has 3 aromatic rings. The number of ether oxygens (including phenoxy) is 1. The maximum atomic E-state index is 12.2. The Hall–Kier alpha value is -3.26. The Morgan fingerprint density at radius 2 is 1.97 bits per heavy atom. The van der Waals surface area contributed by atoms with Gasteiger partial charge in [-0.25, -0.2) is 0 Å². The summed E-state index contributed by atoms with van der Waals surface area (Å²) in [4.78, 5) is 12.2. The molecule has 0 saturated heterocycles. The molecule has 1 heterocycles. The number of nitrogens with one attached hydrogen (secondary N) is 1. The summed E-state index contributed by atoms with van der Waals surface area (Å²) in [7, 11) is 0. The lowest BCUT2D eigenvalue weighted by Gasteiger charge is -2.24. The predicted molar refractivity (Wildman–Crippen MR) is 119 cm³/mol. The molecule has 0 spiro atoms. The number of amides is 1. The summed E-state index contributed by atoms with van der Waals surface area (Å²) in [6, 6.07) is 16.1. The van der Waals surface area contributed by atoms with Gasteiger partial charge in [0.05, 0.1) is 22.9 Å². The molecule has 1 aromatic heterocycles. The van der Waals surface area contributed by atoms with Crippen LogP contribution in [0.1, 0.15) is 45.6 Å². The highest BCUT2D eigenvalue weighted by atomic mass is 16.5. The molecule has 0 atom stereocenters. The fraction of sp³-hybridized carbons (Fsp3) is 0.360. The molecule has 1 amide bonds. The lowest BCUT2D eigenvalue weighted by Crippen LogP contribution is -2.27. The van der Waals surface area contributed by atoms with E-state index in [0.29, 0.717) is 5.56 Å². The van der Waals surface area contributed by atoms with E-state index in [1.165, 1.54) is 0 Å². The molecule has 2 aromatic carbocycles. The largest absolute Gasteiger partial charge is 0.491 e. The average Bonchev–Trinajstić information content (AvgIpc) is 2.99. The van der Waals surface area contributed by atoms with Crippen molar-refractivity contribution in [3.8, 4) is 23.1 Å². The number of aryl methyl sites for hydroxylation is 1. The molecule has 0 bridgehead atoms. The Morgan fingerprint density at radius 3 is 2.53 bits per heavy atom. The van der Waals surface area contributed by atoms with Gasteiger partial charge >= 0.3 is 0 Å². The van der Waals surface area contributed by atoms with Gasteiger partial charge in [-0.15, -0.1) is 0 Å². The van der Waals surface area contributed by atoms with Crippen molar-refractivity contribution in [1.29, 1.82) is 5.26 Å². The lowest BCUT2D eigenvalue weighted by atomic mass is 9.85. The van der Waals surface area contributed by atoms with Crippen LogP contribution in [0.3, 0.4) is 0 Å². The first kappa shape index (κ1) is 20.0. The SMILES string of the molecule is CCn1c(-c2ccc(NC(=O)C3CCC3)cc2)c(C#N)c2ccc(OC(C)C)cc21. The first-order chi connectivity index (χ1) is 14.5. The summed E-state index contributed by atoms with van der Waals surface area (Å²) in [6.07, 6.45) is 3.19. The molecule has 1 aliphatic carbocycles. The van der Waals surface area contributed by atoms with Gasteiger partial charge < -0.3 is 14.6 Å². The maximum absolute atomic E-state index is 12.2. The van der Waals surface area contributed by atoms with Gasteiger partial charge in [0, 0.05) is 29.6 Å². The van der Waals surface area contributed by atoms with Crippen LogP contribution < -0.4 is 10.1 Å². The zero-order valence-corrected chi connectivity index (χ0v) is 17.7. The number of fused-ring (bicyclic) bond motifs is 1. The summed E-state index contributed by atoms with van der Waals surface area (Å²) in [5.74, 6) is 1.06. The van der Waals surface area contributed by atoms with Gasteiger partial charge in [0.2, 0.25) is 5.91 Å². The number of hydrogen-bond donors (Lipinski definition) is 1. The van der Waals surface area contributed by atoms with Crippen molar-refractivity contribution in [3.63, 3.8) is 0 Å². The Morgan fingerprint density at radius 1 is 1.23 bits per heavy atom. The molecular weight excluding hydrogens is 374 g/mol. The van der Waals surface area contributed by atoms with Crippen LogP contribution in [0.15, 0.2) is 42.5 Å². The molecule has 154 valence electrons. The van der Waals surface area contributed by atoms with Crippen LogP contribution in [0.5, 0.6) is 5.75 Å². The smallest absolute Gasteiger partial charge is 0.227 e. The van der Waals surface area contributed by atoms with E-state index in [0.717, 1.165) is 59.4 Å². The van der Waals surface area contributed by atoms with Gasteiger partial charge in [-0.3, -0.25) is 4.79 Å². The number of carbonyl (C=O) groups is 1. The topological polar surface area (TPSA) is 67.0 Å². The summed E-state index contributed by atoms with van der Waals surface area (Å²) >= 11 is 0. The number of carbonyl (C=O) groups excluding carboxylic acids is 1. The molecule has 4 rings (SSSR count). The third-order valence-electron chi connectivity index (χ3n) is 5.74. The van der Waals surface area contributed by atoms with Crippen molar-refractivity contribution >= 4 is 22.5 Å². The summed E-state index contributed by atoms with van der Waals surface area (Å²) in [5.41, 5.74) is 4.30. The minimum atomic E-state index is 0.0880. The van der Waals surface area contributed by atoms with E-state index in [4.69, 9.17) is 4.74 Å². The Balaban J connectivity index is 1.72. The number of aromatic nitrogens is 1. The van der Waals surface area contributed by atoms with Gasteiger partial charge in [-0.1, -0.05) is 18.6 Å². The van der Waals surface area contributed by atoms with Gasteiger partial charge in [0.15, 0.2) is 0 Å². The molecule has 1 fully saturated rings. The molecule has 30 heavy (non-hydrogen) atoms. The van der Waals surface area contributed by atoms with E-state index < -0.39 is 0 Å². The quantitative estimate of drug-likeness (QED) is 0.574. The number of nitriles is 1. The number of anilines is 1. The predicted octanol–water partition coefficient (Wildman–Crippen LogP) is 5.73. The van der Waals surface area contributed by atoms with Gasteiger partial charge in [0.1, 0.15) is 11.8 Å². The van der Waals surface area contributed by atoms with Crippen molar-refractivity contribution in [2.24, 2.45) is 5.92 Å². The molecular formula is C25H27N3O2. The monoisotopic (exact) mass is 401 g/mol. The zero-order valence-electron chi connectivity index (χ0n) is 17.7. The molecule has 5 heteroatoms. The van der Waals surface area contributed by atoms with E-state index in [1.54, 1.807) is 0 Å². The summed E-state index contributed by atoms with van der Waals surface area (Å²) < 4.78 is 8.02. The summed E-state index contributed by atoms with van der Waals surface area (Å²) in [6.45, 7) is 6.81. The van der Waals surface area contributed by atoms with E-state index >= 15 is 0 Å². The van der Waals surface area contributed by atoms with E-state index in [-0.39, 0.29) is 17.9 Å². The molecule has 1 N–H and O–H groups in total. The van der Waals surface area contributed by atoms with Crippen molar-refractivity contribution < 1.29 is 9.53 Å². The average molecular weight is 402 g/mol. The van der Waals surface area contributed by atoms with Crippen LogP contribution in [0.2, 0.25) is 0 Å². The van der Waals surface area contributed by atoms with Crippen LogP contribution >= 0.6 is 0 Å². The van der Waals surface area contributed by atoms with Crippen LogP contribution in [0.25, 0.3) is 22.2 Å². The molecule has 5 nitrogen and oxygen atoms in total. The van der Waals surface area contributed by atoms with Crippen molar-refractivity contribution in [2.45, 2.75) is 52.7 Å². The molecule has 1 aliphatic rings. The standard InChI is InChI=1S/C25H27N3O2/c1-4-28-23-14-20(30-16(2)3)12-13-21(23)22(15-26)24(28)17-8-10-19(11-9-17)27-25(29)18-6-5-7-18/h8-14,16,18H,4-7H2,1-3H3,(H,27,29). The van der Waals surface area contributed by atoms with E-state index in [2.05, 4.69) is 22.9 Å². The number of nitrogens with zero attached hydrogens (tertiary/aromatic N) is 2. The Bertz CT molecular complexity index is 1120. The molecule has 1 saturated carbocycles. The third kappa shape index (κ3) is 3.66. The first-order valence-electron chi connectivity index (χ1n) is 10.7. The van der Waals surface area contributed by atoms with Crippen molar-refractivity contribution in [2.75, 3.05) is 5.32 Å². The van der Waals surface area contributed by atoms with Gasteiger partial charge in [-0.05, 0) is 63.4 Å². The maximum Gasteiger partial charge on any atom is 0.227 e. The van der Waals surface area contributed by atoms with E-state index in [9.17, 15) is 10.1 Å². The van der Waals surface area contributed by atoms with Crippen molar-refractivity contribution in [3.05, 3.63) is 48.0 Å². The zero-order chi connectivity index (χ0) is 21.3. The summed E-state index contributed by atoms with van der Waals surface area (Å²) in [5, 5.41) is 13.8. The number of rotatable bonds is 6. The minimum Gasteiger partial charge on any atom is -0.491 e. The highest BCUT2D eigenvalue weighted by molar-refractivity contribution is 5.96. The Kier molecular flexibility index (Phi) is 5.50. The Labute approximate surface area is 177 Å². The van der Waals surface area contributed by atoms with Crippen molar-refractivity contribution in [1.82, 2.24) is 4.57 Å². The molecule has 0 unspecified atom stereocenters. The van der Waals surface area contributed by atoms with Crippen LogP contribution in [-0.4, -0.2) is 16.6 Å².